The van der Waals surface area contributed by atoms with E-state index in [1.807, 2.05) is 6.92 Å². The van der Waals surface area contributed by atoms with Gasteiger partial charge in [0.1, 0.15) is 0 Å². The predicted octanol–water partition coefficient (Wildman–Crippen LogP) is -0.388. The number of nitrogens with one attached hydrogen (secondary N) is 1. The fourth-order valence-corrected chi connectivity index (χ4v) is 0.981. The standard InChI is InChI=1S/C6H12N2O/c1-4-5(7)2-3-6(9)8-4/h4-5H,2-3,7H2,1H3,(H,8,9)/t4-,5-/m0/s1. The van der Waals surface area contributed by atoms with Crippen molar-refractivity contribution < 1.29 is 4.79 Å². The Hall–Kier alpha value is -0.570. The van der Waals surface area contributed by atoms with E-state index in [1.165, 1.54) is 0 Å². The fraction of sp³-hybridized carbons (Fsp3) is 0.833. The molecule has 2 atom stereocenters. The summed E-state index contributed by atoms with van der Waals surface area (Å²) in [4.78, 5) is 10.7. The van der Waals surface area contributed by atoms with Gasteiger partial charge >= 0.3 is 0 Å². The van der Waals surface area contributed by atoms with Gasteiger partial charge in [-0.2, -0.15) is 0 Å². The molecule has 0 aromatic heterocycles. The molecule has 0 radical (unpaired) electrons. The van der Waals surface area contributed by atoms with E-state index in [-0.39, 0.29) is 18.0 Å². The van der Waals surface area contributed by atoms with Crippen LogP contribution in [0.1, 0.15) is 19.8 Å². The van der Waals surface area contributed by atoms with Crippen LogP contribution in [0.3, 0.4) is 0 Å². The Morgan fingerprint density at radius 2 is 2.44 bits per heavy atom. The molecule has 0 aromatic rings. The molecule has 0 bridgehead atoms. The molecule has 52 valence electrons. The highest BCUT2D eigenvalue weighted by Gasteiger charge is 2.20. The maximum atomic E-state index is 10.7. The lowest BCUT2D eigenvalue weighted by Gasteiger charge is -2.25. The van der Waals surface area contributed by atoms with E-state index in [9.17, 15) is 4.79 Å². The zero-order valence-corrected chi connectivity index (χ0v) is 5.55. The van der Waals surface area contributed by atoms with Gasteiger partial charge < -0.3 is 11.1 Å². The molecule has 0 saturated carbocycles. The van der Waals surface area contributed by atoms with Crippen LogP contribution in [0, 0.1) is 0 Å². The van der Waals surface area contributed by atoms with Crippen molar-refractivity contribution >= 4 is 5.91 Å². The Labute approximate surface area is 54.6 Å². The van der Waals surface area contributed by atoms with Crippen molar-refractivity contribution in [2.45, 2.75) is 31.8 Å². The van der Waals surface area contributed by atoms with E-state index in [4.69, 9.17) is 5.73 Å². The number of hydrogen-bond acceptors (Lipinski definition) is 2. The Bertz CT molecular complexity index is 124. The smallest absolute Gasteiger partial charge is 0.220 e. The lowest BCUT2D eigenvalue weighted by molar-refractivity contribution is -0.123. The topological polar surface area (TPSA) is 55.1 Å². The van der Waals surface area contributed by atoms with Gasteiger partial charge in [0.05, 0.1) is 0 Å². The number of carbonyl (C=O) groups is 1. The minimum absolute atomic E-state index is 0.129. The van der Waals surface area contributed by atoms with Crippen molar-refractivity contribution in [1.29, 1.82) is 0 Å². The van der Waals surface area contributed by atoms with Crippen molar-refractivity contribution in [1.82, 2.24) is 5.32 Å². The van der Waals surface area contributed by atoms with Gasteiger partial charge in [0.25, 0.3) is 0 Å². The van der Waals surface area contributed by atoms with Crippen LogP contribution in [-0.2, 0) is 4.79 Å². The second kappa shape index (κ2) is 2.35. The molecule has 0 aromatic carbocycles. The van der Waals surface area contributed by atoms with Gasteiger partial charge in [0.15, 0.2) is 0 Å². The van der Waals surface area contributed by atoms with Crippen LogP contribution in [0.25, 0.3) is 0 Å². The normalized spacial score (nSPS) is 36.0. The second-order valence-corrected chi connectivity index (χ2v) is 2.56. The fourth-order valence-electron chi connectivity index (χ4n) is 0.981. The molecule has 3 heteroatoms. The summed E-state index contributed by atoms with van der Waals surface area (Å²) >= 11 is 0. The molecule has 1 heterocycles. The summed E-state index contributed by atoms with van der Waals surface area (Å²) in [6.45, 7) is 1.93. The highest BCUT2D eigenvalue weighted by atomic mass is 16.1. The molecule has 0 spiro atoms. The molecule has 1 rings (SSSR count). The maximum absolute atomic E-state index is 10.7. The minimum atomic E-state index is 0.129. The molecule has 3 nitrogen and oxygen atoms in total. The highest BCUT2D eigenvalue weighted by molar-refractivity contribution is 5.77. The molecule has 9 heavy (non-hydrogen) atoms. The van der Waals surface area contributed by atoms with E-state index in [0.29, 0.717) is 6.42 Å². The van der Waals surface area contributed by atoms with E-state index in [0.717, 1.165) is 6.42 Å². The number of piperidine rings is 1. The first-order valence-corrected chi connectivity index (χ1v) is 3.25. The van der Waals surface area contributed by atoms with Crippen molar-refractivity contribution in [3.05, 3.63) is 0 Å². The molecule has 3 N–H and O–H groups in total. The second-order valence-electron chi connectivity index (χ2n) is 2.56. The van der Waals surface area contributed by atoms with Gasteiger partial charge in [-0.25, -0.2) is 0 Å². The van der Waals surface area contributed by atoms with Crippen molar-refractivity contribution in [3.8, 4) is 0 Å². The van der Waals surface area contributed by atoms with Crippen LogP contribution in [0.5, 0.6) is 0 Å². The first-order chi connectivity index (χ1) is 4.20. The first kappa shape index (κ1) is 6.55. The summed E-state index contributed by atoms with van der Waals surface area (Å²) in [7, 11) is 0. The third-order valence-corrected chi connectivity index (χ3v) is 1.74. The van der Waals surface area contributed by atoms with Gasteiger partial charge in [-0.15, -0.1) is 0 Å². The zero-order valence-electron chi connectivity index (χ0n) is 5.55. The number of amides is 1. The molecule has 0 aliphatic carbocycles. The van der Waals surface area contributed by atoms with E-state index >= 15 is 0 Å². The van der Waals surface area contributed by atoms with Crippen LogP contribution in [0.15, 0.2) is 0 Å². The molecule has 1 aliphatic rings. The largest absolute Gasteiger partial charge is 0.352 e. The molecule has 1 fully saturated rings. The van der Waals surface area contributed by atoms with Gasteiger partial charge in [-0.3, -0.25) is 4.79 Å². The first-order valence-electron chi connectivity index (χ1n) is 3.25. The Morgan fingerprint density at radius 1 is 1.78 bits per heavy atom. The summed E-state index contributed by atoms with van der Waals surface area (Å²) in [5.74, 6) is 0.129. The third-order valence-electron chi connectivity index (χ3n) is 1.74. The van der Waals surface area contributed by atoms with Crippen molar-refractivity contribution in [2.24, 2.45) is 5.73 Å². The summed E-state index contributed by atoms with van der Waals surface area (Å²) in [6, 6.07) is 0.314. The lowest BCUT2D eigenvalue weighted by Crippen LogP contribution is -2.50. The number of hydrogen-bond donors (Lipinski definition) is 2. The molecule has 0 unspecified atom stereocenters. The maximum Gasteiger partial charge on any atom is 0.220 e. The summed E-state index contributed by atoms with van der Waals surface area (Å²) in [6.07, 6.45) is 1.42. The van der Waals surface area contributed by atoms with Gasteiger partial charge in [0.2, 0.25) is 5.91 Å². The Balaban J connectivity index is 2.44. The summed E-state index contributed by atoms with van der Waals surface area (Å²) in [5, 5.41) is 2.77. The molecular weight excluding hydrogens is 116 g/mol. The van der Waals surface area contributed by atoms with E-state index in [2.05, 4.69) is 5.32 Å². The zero-order chi connectivity index (χ0) is 6.85. The number of carbonyl (C=O) groups excluding carboxylic acids is 1. The van der Waals surface area contributed by atoms with Gasteiger partial charge in [-0.1, -0.05) is 0 Å². The van der Waals surface area contributed by atoms with Crippen LogP contribution in [-0.4, -0.2) is 18.0 Å². The summed E-state index contributed by atoms with van der Waals surface area (Å²) < 4.78 is 0. The average Bonchev–Trinajstić information content (AvgIpc) is 1.80. The molecular formula is C6H12N2O. The average molecular weight is 128 g/mol. The SMILES string of the molecule is C[C@@H]1NC(=O)CC[C@@H]1N. The molecule has 1 aliphatic heterocycles. The third kappa shape index (κ3) is 1.42. The molecule has 1 saturated heterocycles. The number of nitrogens with two attached hydrogens (primary N) is 1. The van der Waals surface area contributed by atoms with Gasteiger partial charge in [0, 0.05) is 18.5 Å². The monoisotopic (exact) mass is 128 g/mol. The van der Waals surface area contributed by atoms with E-state index in [1.54, 1.807) is 0 Å². The van der Waals surface area contributed by atoms with Crippen LogP contribution in [0.4, 0.5) is 0 Å². The van der Waals surface area contributed by atoms with Crippen LogP contribution in [0.2, 0.25) is 0 Å². The van der Waals surface area contributed by atoms with Crippen molar-refractivity contribution in [3.63, 3.8) is 0 Å². The minimum Gasteiger partial charge on any atom is -0.352 e. The van der Waals surface area contributed by atoms with Crippen molar-refractivity contribution in [2.75, 3.05) is 0 Å². The lowest BCUT2D eigenvalue weighted by atomic mass is 10.0. The molecule has 1 amide bonds. The van der Waals surface area contributed by atoms with Gasteiger partial charge in [-0.05, 0) is 13.3 Å². The Morgan fingerprint density at radius 3 is 2.89 bits per heavy atom. The van der Waals surface area contributed by atoms with Crippen LogP contribution >= 0.6 is 0 Å². The highest BCUT2D eigenvalue weighted by Crippen LogP contribution is 2.05. The predicted molar refractivity (Wildman–Crippen MR) is 34.8 cm³/mol. The Kier molecular flexibility index (Phi) is 1.71. The number of rotatable bonds is 0. The van der Waals surface area contributed by atoms with E-state index < -0.39 is 0 Å². The summed E-state index contributed by atoms with van der Waals surface area (Å²) in [5.41, 5.74) is 5.63. The quantitative estimate of drug-likeness (QED) is 0.467. The van der Waals surface area contributed by atoms with Crippen LogP contribution < -0.4 is 11.1 Å².